The first kappa shape index (κ1) is 24.5. The van der Waals surface area contributed by atoms with Crippen LogP contribution in [0.5, 0.6) is 0 Å². The zero-order valence-corrected chi connectivity index (χ0v) is 21.4. The number of carbonyl (C=O) groups excluding carboxylic acids is 2. The number of esters is 1. The fourth-order valence-electron chi connectivity index (χ4n) is 4.57. The minimum atomic E-state index is -0.392. The fourth-order valence-corrected chi connectivity index (χ4v) is 5.53. The first-order chi connectivity index (χ1) is 16.2. The highest BCUT2D eigenvalue weighted by Gasteiger charge is 2.41. The van der Waals surface area contributed by atoms with Crippen molar-refractivity contribution in [3.8, 4) is 0 Å². The maximum Gasteiger partial charge on any atom is 0.338 e. The molecule has 1 fully saturated rings. The van der Waals surface area contributed by atoms with Crippen molar-refractivity contribution >= 4 is 28.8 Å². The minimum absolute atomic E-state index is 0.00268. The SMILES string of the molecule is CC1=C(C(=O)OC(C)C)[C@H](c2ccc(C)cc2)N2C(CC(=O)NC3CCN(C)CC3)=CSC2=N1. The number of piperidine rings is 1. The maximum atomic E-state index is 13.2. The summed E-state index contributed by atoms with van der Waals surface area (Å²) < 4.78 is 5.61. The number of benzene rings is 1. The van der Waals surface area contributed by atoms with Crippen molar-refractivity contribution in [2.24, 2.45) is 4.99 Å². The lowest BCUT2D eigenvalue weighted by Gasteiger charge is -2.36. The molecule has 0 saturated carbocycles. The molecular formula is C26H34N4O3S. The summed E-state index contributed by atoms with van der Waals surface area (Å²) in [5, 5.41) is 5.97. The van der Waals surface area contributed by atoms with E-state index >= 15 is 0 Å². The molecule has 8 heteroatoms. The highest BCUT2D eigenvalue weighted by molar-refractivity contribution is 8.16. The zero-order chi connectivity index (χ0) is 24.4. The van der Waals surface area contributed by atoms with Gasteiger partial charge < -0.3 is 19.9 Å². The number of amides is 1. The number of carbonyl (C=O) groups is 2. The van der Waals surface area contributed by atoms with E-state index in [1.54, 1.807) is 0 Å². The molecule has 0 aromatic heterocycles. The zero-order valence-electron chi connectivity index (χ0n) is 20.6. The third-order valence-corrected chi connectivity index (χ3v) is 7.27. The van der Waals surface area contributed by atoms with E-state index in [1.807, 2.05) is 62.3 Å². The van der Waals surface area contributed by atoms with Gasteiger partial charge in [0.25, 0.3) is 0 Å². The largest absolute Gasteiger partial charge is 0.459 e. The number of allylic oxidation sites excluding steroid dienone is 1. The number of hydrogen-bond acceptors (Lipinski definition) is 7. The number of nitrogens with zero attached hydrogens (tertiary/aromatic N) is 3. The first-order valence-electron chi connectivity index (χ1n) is 11.9. The number of thioether (sulfide) groups is 1. The predicted octanol–water partition coefficient (Wildman–Crippen LogP) is 4.12. The molecule has 0 unspecified atom stereocenters. The van der Waals surface area contributed by atoms with Crippen molar-refractivity contribution in [2.45, 2.75) is 65.1 Å². The van der Waals surface area contributed by atoms with Crippen molar-refractivity contribution in [1.29, 1.82) is 0 Å². The highest BCUT2D eigenvalue weighted by atomic mass is 32.2. The molecule has 0 spiro atoms. The van der Waals surface area contributed by atoms with Gasteiger partial charge in [-0.3, -0.25) is 4.79 Å². The van der Waals surface area contributed by atoms with Crippen LogP contribution in [0.2, 0.25) is 0 Å². The standard InChI is InChI=1S/C26H34N4O3S/c1-16(2)33-25(32)23-18(4)27-26-30(24(23)19-8-6-17(3)7-9-19)21(15-34-26)14-22(31)28-20-10-12-29(5)13-11-20/h6-9,15-16,20,24H,10-14H2,1-5H3,(H,28,31)/t24-/m0/s1. The number of ether oxygens (including phenoxy) is 1. The summed E-state index contributed by atoms with van der Waals surface area (Å²) in [4.78, 5) is 35.2. The number of likely N-dealkylation sites (tertiary alicyclic amines) is 1. The average molecular weight is 483 g/mol. The lowest BCUT2D eigenvalue weighted by molar-refractivity contribution is -0.143. The summed E-state index contributed by atoms with van der Waals surface area (Å²) in [5.41, 5.74) is 4.13. The molecule has 1 aromatic carbocycles. The molecule has 34 heavy (non-hydrogen) atoms. The van der Waals surface area contributed by atoms with Gasteiger partial charge in [-0.25, -0.2) is 9.79 Å². The molecule has 0 bridgehead atoms. The molecule has 1 N–H and O–H groups in total. The van der Waals surface area contributed by atoms with E-state index in [0.717, 1.165) is 47.9 Å². The third-order valence-electron chi connectivity index (χ3n) is 6.38. The molecular weight excluding hydrogens is 448 g/mol. The molecule has 1 aromatic rings. The van der Waals surface area contributed by atoms with Crippen molar-refractivity contribution in [2.75, 3.05) is 20.1 Å². The summed E-state index contributed by atoms with van der Waals surface area (Å²) in [6, 6.07) is 7.98. The van der Waals surface area contributed by atoms with Crippen LogP contribution in [0.4, 0.5) is 0 Å². The van der Waals surface area contributed by atoms with Gasteiger partial charge in [0.2, 0.25) is 5.91 Å². The van der Waals surface area contributed by atoms with E-state index in [0.29, 0.717) is 11.3 Å². The van der Waals surface area contributed by atoms with E-state index in [1.165, 1.54) is 11.8 Å². The Bertz CT molecular complexity index is 1040. The van der Waals surface area contributed by atoms with E-state index in [4.69, 9.17) is 9.73 Å². The van der Waals surface area contributed by atoms with Crippen LogP contribution in [0, 0.1) is 6.92 Å². The van der Waals surface area contributed by atoms with E-state index in [2.05, 4.69) is 17.3 Å². The predicted molar refractivity (Wildman–Crippen MR) is 136 cm³/mol. The fraction of sp³-hybridized carbons (Fsp3) is 0.500. The van der Waals surface area contributed by atoms with Gasteiger partial charge >= 0.3 is 5.97 Å². The smallest absolute Gasteiger partial charge is 0.338 e. The summed E-state index contributed by atoms with van der Waals surface area (Å²) in [6.45, 7) is 9.57. The highest BCUT2D eigenvalue weighted by Crippen LogP contribution is 2.45. The monoisotopic (exact) mass is 482 g/mol. The molecule has 1 atom stereocenters. The Labute approximate surface area is 206 Å². The Morgan fingerprint density at radius 3 is 2.50 bits per heavy atom. The van der Waals surface area contributed by atoms with Gasteiger partial charge in [0, 0.05) is 11.7 Å². The molecule has 3 aliphatic rings. The second-order valence-corrected chi connectivity index (χ2v) is 10.4. The molecule has 4 rings (SSSR count). The molecule has 1 saturated heterocycles. The van der Waals surface area contributed by atoms with Crippen molar-refractivity contribution in [3.05, 3.63) is 57.8 Å². The number of aryl methyl sites for hydroxylation is 1. The average Bonchev–Trinajstić information content (AvgIpc) is 3.16. The summed E-state index contributed by atoms with van der Waals surface area (Å²) >= 11 is 1.50. The van der Waals surface area contributed by atoms with Crippen LogP contribution < -0.4 is 5.32 Å². The minimum Gasteiger partial charge on any atom is -0.459 e. The van der Waals surface area contributed by atoms with E-state index < -0.39 is 6.04 Å². The topological polar surface area (TPSA) is 74.2 Å². The van der Waals surface area contributed by atoms with Gasteiger partial charge in [0.1, 0.15) is 0 Å². The quantitative estimate of drug-likeness (QED) is 0.615. The molecule has 3 aliphatic heterocycles. The van der Waals surface area contributed by atoms with Crippen LogP contribution in [0.3, 0.4) is 0 Å². The number of fused-ring (bicyclic) bond motifs is 1. The lowest BCUT2D eigenvalue weighted by atomic mass is 9.93. The normalized spacial score (nSPS) is 21.4. The Balaban J connectivity index is 1.60. The molecule has 3 heterocycles. The Hall–Kier alpha value is -2.58. The Kier molecular flexibility index (Phi) is 7.48. The maximum absolute atomic E-state index is 13.2. The number of amidine groups is 1. The molecule has 182 valence electrons. The van der Waals surface area contributed by atoms with Crippen LogP contribution in [-0.4, -0.2) is 59.1 Å². The molecule has 0 radical (unpaired) electrons. The number of hydrogen-bond donors (Lipinski definition) is 1. The summed E-state index contributed by atoms with van der Waals surface area (Å²) in [6.07, 6.45) is 1.93. The van der Waals surface area contributed by atoms with Crippen LogP contribution in [0.15, 0.2) is 51.6 Å². The second kappa shape index (κ2) is 10.4. The second-order valence-electron chi connectivity index (χ2n) is 9.58. The van der Waals surface area contributed by atoms with Crippen molar-refractivity contribution in [1.82, 2.24) is 15.1 Å². The number of aliphatic imine (C=N–C) groups is 1. The van der Waals surface area contributed by atoms with Gasteiger partial charge in [0.15, 0.2) is 5.17 Å². The molecule has 0 aliphatic carbocycles. The first-order valence-corrected chi connectivity index (χ1v) is 12.8. The summed E-state index contributed by atoms with van der Waals surface area (Å²) in [5.74, 6) is -0.365. The van der Waals surface area contributed by atoms with E-state index in [-0.39, 0.29) is 30.4 Å². The van der Waals surface area contributed by atoms with Crippen LogP contribution in [0.1, 0.15) is 57.2 Å². The van der Waals surface area contributed by atoms with Gasteiger partial charge in [-0.1, -0.05) is 41.6 Å². The number of nitrogens with one attached hydrogen (secondary N) is 1. The lowest BCUT2D eigenvalue weighted by Crippen LogP contribution is -2.44. The third kappa shape index (κ3) is 5.39. The van der Waals surface area contributed by atoms with Gasteiger partial charge in [-0.05, 0) is 71.6 Å². The van der Waals surface area contributed by atoms with E-state index in [9.17, 15) is 9.59 Å². The van der Waals surface area contributed by atoms with Crippen LogP contribution >= 0.6 is 11.8 Å². The Morgan fingerprint density at radius 1 is 1.18 bits per heavy atom. The summed E-state index contributed by atoms with van der Waals surface area (Å²) in [7, 11) is 2.11. The van der Waals surface area contributed by atoms with Gasteiger partial charge in [-0.15, -0.1) is 0 Å². The molecule has 1 amide bonds. The number of rotatable bonds is 6. The van der Waals surface area contributed by atoms with Gasteiger partial charge in [-0.2, -0.15) is 0 Å². The Morgan fingerprint density at radius 2 is 1.85 bits per heavy atom. The van der Waals surface area contributed by atoms with Crippen LogP contribution in [0.25, 0.3) is 0 Å². The van der Waals surface area contributed by atoms with Crippen molar-refractivity contribution < 1.29 is 14.3 Å². The molecule has 7 nitrogen and oxygen atoms in total. The van der Waals surface area contributed by atoms with Crippen LogP contribution in [-0.2, 0) is 14.3 Å². The van der Waals surface area contributed by atoms with Crippen molar-refractivity contribution in [3.63, 3.8) is 0 Å². The van der Waals surface area contributed by atoms with Gasteiger partial charge in [0.05, 0.1) is 29.8 Å².